The number of sulfonamides is 1. The largest absolute Gasteiger partial charge is 0.494 e. The van der Waals surface area contributed by atoms with Crippen LogP contribution in [-0.4, -0.2) is 50.9 Å². The van der Waals surface area contributed by atoms with E-state index in [1.807, 2.05) is 43.3 Å². The lowest BCUT2D eigenvalue weighted by molar-refractivity contribution is -0.140. The number of nitrogens with one attached hydrogen (secondary N) is 1. The Morgan fingerprint density at radius 2 is 1.48 bits per heavy atom. The number of benzene rings is 4. The third kappa shape index (κ3) is 8.39. The molecule has 1 N–H and O–H groups in total. The van der Waals surface area contributed by atoms with Crippen LogP contribution in [0.2, 0.25) is 5.02 Å². The van der Waals surface area contributed by atoms with Crippen LogP contribution in [0.25, 0.3) is 0 Å². The van der Waals surface area contributed by atoms with Gasteiger partial charge < -0.3 is 15.0 Å². The first-order valence-electron chi connectivity index (χ1n) is 14.4. The van der Waals surface area contributed by atoms with E-state index in [9.17, 15) is 18.0 Å². The summed E-state index contributed by atoms with van der Waals surface area (Å²) in [6.07, 6.45) is 0.230. The zero-order valence-corrected chi connectivity index (χ0v) is 26.3. The summed E-state index contributed by atoms with van der Waals surface area (Å²) in [6, 6.07) is 30.0. The molecular formula is C34H36ClN3O5S. The van der Waals surface area contributed by atoms with E-state index in [0.717, 1.165) is 9.87 Å². The SMILES string of the molecule is CCNC(=O)C(Cc1ccccc1)N(Cc1cccc(Cl)c1)C(=O)CN(c1ccc(OCC)cc1)S(=O)(=O)c1ccccc1. The van der Waals surface area contributed by atoms with Crippen LogP contribution in [-0.2, 0) is 32.6 Å². The molecule has 8 nitrogen and oxygen atoms in total. The van der Waals surface area contributed by atoms with E-state index >= 15 is 0 Å². The first-order chi connectivity index (χ1) is 21.2. The standard InChI is InChI=1S/C34H36ClN3O5S/c1-3-36-34(40)32(23-26-12-7-5-8-13-26)37(24-27-14-11-15-28(35)22-27)33(39)25-38(29-18-20-30(21-19-29)43-4-2)44(41,42)31-16-9-6-10-17-31/h5-22,32H,3-4,23-25H2,1-2H3,(H,36,40). The topological polar surface area (TPSA) is 96.0 Å². The zero-order chi connectivity index (χ0) is 31.5. The molecule has 230 valence electrons. The van der Waals surface area contributed by atoms with Gasteiger partial charge in [0.1, 0.15) is 18.3 Å². The molecule has 0 radical (unpaired) electrons. The fraction of sp³-hybridized carbons (Fsp3) is 0.235. The highest BCUT2D eigenvalue weighted by molar-refractivity contribution is 7.92. The van der Waals surface area contributed by atoms with E-state index in [1.165, 1.54) is 17.0 Å². The summed E-state index contributed by atoms with van der Waals surface area (Å²) in [5, 5.41) is 3.33. The lowest BCUT2D eigenvalue weighted by atomic mass is 10.0. The van der Waals surface area contributed by atoms with Gasteiger partial charge in [0.15, 0.2) is 0 Å². The van der Waals surface area contributed by atoms with Gasteiger partial charge in [-0.2, -0.15) is 0 Å². The average molecular weight is 634 g/mol. The van der Waals surface area contributed by atoms with Gasteiger partial charge in [-0.1, -0.05) is 72.3 Å². The number of likely N-dealkylation sites (N-methyl/N-ethyl adjacent to an activating group) is 1. The molecule has 0 aromatic heterocycles. The number of anilines is 1. The second-order valence-electron chi connectivity index (χ2n) is 10.0. The molecule has 44 heavy (non-hydrogen) atoms. The Labute approximate surface area is 264 Å². The van der Waals surface area contributed by atoms with Gasteiger partial charge in [-0.05, 0) is 73.5 Å². The smallest absolute Gasteiger partial charge is 0.264 e. The summed E-state index contributed by atoms with van der Waals surface area (Å²) in [4.78, 5) is 29.4. The molecule has 4 aromatic rings. The van der Waals surface area contributed by atoms with Crippen LogP contribution in [0.5, 0.6) is 5.75 Å². The van der Waals surface area contributed by atoms with E-state index in [4.69, 9.17) is 16.3 Å². The van der Waals surface area contributed by atoms with Gasteiger partial charge in [0.25, 0.3) is 10.0 Å². The summed E-state index contributed by atoms with van der Waals surface area (Å²) < 4.78 is 34.7. The highest BCUT2D eigenvalue weighted by Gasteiger charge is 2.34. The summed E-state index contributed by atoms with van der Waals surface area (Å²) in [5.41, 5.74) is 1.84. The van der Waals surface area contributed by atoms with Crippen molar-refractivity contribution in [2.24, 2.45) is 0 Å². The van der Waals surface area contributed by atoms with Gasteiger partial charge in [-0.3, -0.25) is 13.9 Å². The fourth-order valence-corrected chi connectivity index (χ4v) is 6.45. The van der Waals surface area contributed by atoms with E-state index in [2.05, 4.69) is 5.32 Å². The van der Waals surface area contributed by atoms with E-state index < -0.39 is 28.5 Å². The molecule has 0 aliphatic heterocycles. The van der Waals surface area contributed by atoms with Crippen LogP contribution < -0.4 is 14.4 Å². The monoisotopic (exact) mass is 633 g/mol. The minimum Gasteiger partial charge on any atom is -0.494 e. The first-order valence-corrected chi connectivity index (χ1v) is 16.2. The summed E-state index contributed by atoms with van der Waals surface area (Å²) >= 11 is 6.28. The Balaban J connectivity index is 1.78. The summed E-state index contributed by atoms with van der Waals surface area (Å²) in [6.45, 7) is 3.97. The van der Waals surface area contributed by atoms with Crippen molar-refractivity contribution in [2.45, 2.75) is 37.8 Å². The number of halogens is 1. The van der Waals surface area contributed by atoms with Crippen LogP contribution in [0.4, 0.5) is 5.69 Å². The van der Waals surface area contributed by atoms with Gasteiger partial charge >= 0.3 is 0 Å². The molecule has 0 bridgehead atoms. The van der Waals surface area contributed by atoms with E-state index in [-0.39, 0.29) is 29.5 Å². The Morgan fingerprint density at radius 1 is 0.841 bits per heavy atom. The van der Waals surface area contributed by atoms with Gasteiger partial charge in [0.2, 0.25) is 11.8 Å². The third-order valence-corrected chi connectivity index (χ3v) is 8.93. The van der Waals surface area contributed by atoms with Crippen molar-refractivity contribution >= 4 is 39.1 Å². The second-order valence-corrected chi connectivity index (χ2v) is 12.3. The lowest BCUT2D eigenvalue weighted by Crippen LogP contribution is -2.53. The number of nitrogens with zero attached hydrogens (tertiary/aromatic N) is 2. The van der Waals surface area contributed by atoms with Gasteiger partial charge in [-0.15, -0.1) is 0 Å². The predicted molar refractivity (Wildman–Crippen MR) is 173 cm³/mol. The van der Waals surface area contributed by atoms with Crippen molar-refractivity contribution in [1.82, 2.24) is 10.2 Å². The maximum atomic E-state index is 14.4. The van der Waals surface area contributed by atoms with Crippen molar-refractivity contribution in [3.05, 3.63) is 125 Å². The van der Waals surface area contributed by atoms with Crippen LogP contribution in [0.3, 0.4) is 0 Å². The predicted octanol–water partition coefficient (Wildman–Crippen LogP) is 5.71. The molecule has 0 fully saturated rings. The zero-order valence-electron chi connectivity index (χ0n) is 24.7. The number of ether oxygens (including phenoxy) is 1. The number of carbonyl (C=O) groups is 2. The molecule has 0 spiro atoms. The molecule has 0 saturated heterocycles. The second kappa shape index (κ2) is 15.4. The average Bonchev–Trinajstić information content (AvgIpc) is 3.03. The molecule has 1 atom stereocenters. The first kappa shape index (κ1) is 32.6. The third-order valence-electron chi connectivity index (χ3n) is 6.91. The summed E-state index contributed by atoms with van der Waals surface area (Å²) in [5.74, 6) is -0.322. The van der Waals surface area contributed by atoms with Gasteiger partial charge in [0, 0.05) is 24.5 Å². The van der Waals surface area contributed by atoms with Crippen LogP contribution >= 0.6 is 11.6 Å². The highest BCUT2D eigenvalue weighted by atomic mass is 35.5. The molecule has 0 heterocycles. The van der Waals surface area contributed by atoms with Crippen molar-refractivity contribution in [3.63, 3.8) is 0 Å². The van der Waals surface area contributed by atoms with E-state index in [0.29, 0.717) is 29.5 Å². The quantitative estimate of drug-likeness (QED) is 0.192. The molecule has 0 aliphatic rings. The minimum atomic E-state index is -4.18. The van der Waals surface area contributed by atoms with Gasteiger partial charge in [0.05, 0.1) is 17.2 Å². The molecule has 1 unspecified atom stereocenters. The van der Waals surface area contributed by atoms with Crippen molar-refractivity contribution in [1.29, 1.82) is 0 Å². The highest BCUT2D eigenvalue weighted by Crippen LogP contribution is 2.27. The lowest BCUT2D eigenvalue weighted by Gasteiger charge is -2.34. The number of carbonyl (C=O) groups excluding carboxylic acids is 2. The fourth-order valence-electron chi connectivity index (χ4n) is 4.80. The Hall–Kier alpha value is -4.34. The molecule has 4 rings (SSSR count). The number of amides is 2. The molecular weight excluding hydrogens is 598 g/mol. The van der Waals surface area contributed by atoms with E-state index in [1.54, 1.807) is 67.6 Å². The van der Waals surface area contributed by atoms with Crippen molar-refractivity contribution in [3.8, 4) is 5.75 Å². The van der Waals surface area contributed by atoms with Gasteiger partial charge in [-0.25, -0.2) is 8.42 Å². The number of hydrogen-bond acceptors (Lipinski definition) is 5. The van der Waals surface area contributed by atoms with Crippen molar-refractivity contribution < 1.29 is 22.7 Å². The molecule has 2 amide bonds. The number of rotatable bonds is 14. The summed E-state index contributed by atoms with van der Waals surface area (Å²) in [7, 11) is -4.18. The minimum absolute atomic E-state index is 0.0348. The van der Waals surface area contributed by atoms with Crippen molar-refractivity contribution in [2.75, 3.05) is 24.0 Å². The molecule has 4 aromatic carbocycles. The number of hydrogen-bond donors (Lipinski definition) is 1. The Kier molecular flexibility index (Phi) is 11.4. The normalized spacial score (nSPS) is 11.8. The Morgan fingerprint density at radius 3 is 2.09 bits per heavy atom. The molecule has 0 saturated carbocycles. The molecule has 10 heteroatoms. The van der Waals surface area contributed by atoms with Crippen LogP contribution in [0.1, 0.15) is 25.0 Å². The maximum absolute atomic E-state index is 14.4. The van der Waals surface area contributed by atoms with Crippen LogP contribution in [0.15, 0.2) is 114 Å². The Bertz CT molecular complexity index is 1630. The molecule has 0 aliphatic carbocycles. The maximum Gasteiger partial charge on any atom is 0.264 e. The van der Waals surface area contributed by atoms with Crippen LogP contribution in [0, 0.1) is 0 Å².